The lowest BCUT2D eigenvalue weighted by Gasteiger charge is -2.12. The van der Waals surface area contributed by atoms with E-state index in [1.807, 2.05) is 27.7 Å². The molecule has 4 aromatic rings. The van der Waals surface area contributed by atoms with E-state index in [9.17, 15) is 18.8 Å². The Morgan fingerprint density at radius 3 is 2.50 bits per heavy atom. The number of aryl methyl sites for hydroxylation is 1. The fourth-order valence-electron chi connectivity index (χ4n) is 3.88. The van der Waals surface area contributed by atoms with Crippen LogP contribution in [0, 0.1) is 11.7 Å². The predicted molar refractivity (Wildman–Crippen MR) is 129 cm³/mol. The van der Waals surface area contributed by atoms with Gasteiger partial charge in [-0.25, -0.2) is 18.3 Å². The third-order valence-electron chi connectivity index (χ3n) is 5.67. The number of carbonyl (C=O) groups excluding carboxylic acids is 1. The van der Waals surface area contributed by atoms with Crippen molar-refractivity contribution < 1.29 is 9.18 Å². The number of nitrogens with one attached hydrogen (secondary N) is 1. The van der Waals surface area contributed by atoms with Crippen molar-refractivity contribution in [3.05, 3.63) is 80.2 Å². The molecule has 0 atom stereocenters. The van der Waals surface area contributed by atoms with Gasteiger partial charge in [-0.15, -0.1) is 5.10 Å². The molecule has 2 aromatic heterocycles. The summed E-state index contributed by atoms with van der Waals surface area (Å²) < 4.78 is 18.2. The fourth-order valence-corrected chi connectivity index (χ4v) is 3.88. The summed E-state index contributed by atoms with van der Waals surface area (Å²) in [4.78, 5) is 39.4. The summed E-state index contributed by atoms with van der Waals surface area (Å²) in [6, 6.07) is 10.8. The first-order valence-corrected chi connectivity index (χ1v) is 11.4. The standard InChI is InChI=1S/C25H28FN5O3/c1-15(2)11-12-29-23(33)19-10-9-17(22(32)27-16(3)4)13-21(19)31-24(29)28-30(25(31)34)14-18-7-5-6-8-20(18)26/h5-10,13,15-16H,11-12,14H2,1-4H3,(H,27,32). The smallest absolute Gasteiger partial charge is 0.350 e. The molecule has 2 aromatic carbocycles. The number of benzene rings is 2. The number of hydrogen-bond acceptors (Lipinski definition) is 4. The summed E-state index contributed by atoms with van der Waals surface area (Å²) in [6.07, 6.45) is 0.713. The summed E-state index contributed by atoms with van der Waals surface area (Å²) >= 11 is 0. The molecule has 8 nitrogen and oxygen atoms in total. The zero-order valence-electron chi connectivity index (χ0n) is 19.7. The van der Waals surface area contributed by atoms with Crippen LogP contribution in [0.4, 0.5) is 4.39 Å². The highest BCUT2D eigenvalue weighted by Gasteiger charge is 2.20. The first-order chi connectivity index (χ1) is 16.2. The zero-order valence-corrected chi connectivity index (χ0v) is 19.7. The van der Waals surface area contributed by atoms with E-state index in [4.69, 9.17) is 0 Å². The summed E-state index contributed by atoms with van der Waals surface area (Å²) in [5, 5.41) is 7.55. The van der Waals surface area contributed by atoms with Crippen molar-refractivity contribution in [3.63, 3.8) is 0 Å². The number of aromatic nitrogens is 4. The lowest BCUT2D eigenvalue weighted by atomic mass is 10.1. The van der Waals surface area contributed by atoms with E-state index >= 15 is 0 Å². The van der Waals surface area contributed by atoms with Crippen LogP contribution in [0.5, 0.6) is 0 Å². The van der Waals surface area contributed by atoms with E-state index in [1.54, 1.807) is 30.3 Å². The highest BCUT2D eigenvalue weighted by molar-refractivity contribution is 5.98. The molecule has 2 heterocycles. The monoisotopic (exact) mass is 465 g/mol. The lowest BCUT2D eigenvalue weighted by Crippen LogP contribution is -2.31. The van der Waals surface area contributed by atoms with Crippen LogP contribution in [0.2, 0.25) is 0 Å². The van der Waals surface area contributed by atoms with Gasteiger partial charge >= 0.3 is 5.69 Å². The minimum atomic E-state index is -0.511. The minimum absolute atomic E-state index is 0.0708. The lowest BCUT2D eigenvalue weighted by molar-refractivity contribution is 0.0943. The molecular formula is C25H28FN5O3. The molecule has 34 heavy (non-hydrogen) atoms. The zero-order chi connectivity index (χ0) is 24.6. The first-order valence-electron chi connectivity index (χ1n) is 11.4. The summed E-state index contributed by atoms with van der Waals surface area (Å²) in [6.45, 7) is 8.09. The van der Waals surface area contributed by atoms with Gasteiger partial charge in [0.05, 0.1) is 17.4 Å². The molecule has 0 saturated heterocycles. The van der Waals surface area contributed by atoms with Gasteiger partial charge in [-0.05, 0) is 50.5 Å². The number of hydrogen-bond donors (Lipinski definition) is 1. The highest BCUT2D eigenvalue weighted by atomic mass is 19.1. The van der Waals surface area contributed by atoms with Gasteiger partial charge in [0.25, 0.3) is 11.5 Å². The number of amides is 1. The third-order valence-corrected chi connectivity index (χ3v) is 5.67. The molecule has 0 saturated carbocycles. The molecule has 0 radical (unpaired) electrons. The van der Waals surface area contributed by atoms with Gasteiger partial charge in [0.15, 0.2) is 0 Å². The van der Waals surface area contributed by atoms with E-state index < -0.39 is 11.5 Å². The molecule has 178 valence electrons. The Hall–Kier alpha value is -3.75. The Morgan fingerprint density at radius 2 is 1.82 bits per heavy atom. The van der Waals surface area contributed by atoms with Crippen molar-refractivity contribution in [1.82, 2.24) is 24.1 Å². The highest BCUT2D eigenvalue weighted by Crippen LogP contribution is 2.16. The maximum atomic E-state index is 14.3. The van der Waals surface area contributed by atoms with Gasteiger partial charge in [0.1, 0.15) is 5.82 Å². The van der Waals surface area contributed by atoms with Crippen LogP contribution < -0.4 is 16.6 Å². The molecule has 0 aliphatic rings. The molecular weight excluding hydrogens is 437 g/mol. The maximum Gasteiger partial charge on any atom is 0.352 e. The molecule has 0 unspecified atom stereocenters. The number of halogens is 1. The van der Waals surface area contributed by atoms with Crippen molar-refractivity contribution >= 4 is 22.6 Å². The minimum Gasteiger partial charge on any atom is -0.350 e. The van der Waals surface area contributed by atoms with Crippen molar-refractivity contribution in [2.75, 3.05) is 0 Å². The van der Waals surface area contributed by atoms with Crippen molar-refractivity contribution in [2.45, 2.75) is 53.2 Å². The Labute approximate surface area is 195 Å². The molecule has 0 bridgehead atoms. The Balaban J connectivity index is 1.97. The molecule has 0 aliphatic heterocycles. The average Bonchev–Trinajstić information content (AvgIpc) is 3.10. The molecule has 1 amide bonds. The fraction of sp³-hybridized carbons (Fsp3) is 0.360. The van der Waals surface area contributed by atoms with Gasteiger partial charge in [0, 0.05) is 23.7 Å². The van der Waals surface area contributed by atoms with Gasteiger partial charge in [-0.2, -0.15) is 0 Å². The third kappa shape index (κ3) is 4.37. The largest absolute Gasteiger partial charge is 0.352 e. The molecule has 0 aliphatic carbocycles. The number of fused-ring (bicyclic) bond motifs is 3. The van der Waals surface area contributed by atoms with Crippen LogP contribution in [-0.4, -0.2) is 30.7 Å². The van der Waals surface area contributed by atoms with E-state index in [0.29, 0.717) is 40.9 Å². The Morgan fingerprint density at radius 1 is 1.09 bits per heavy atom. The van der Waals surface area contributed by atoms with Crippen LogP contribution >= 0.6 is 0 Å². The van der Waals surface area contributed by atoms with Gasteiger partial charge in [0.2, 0.25) is 5.78 Å². The Bertz CT molecular complexity index is 1500. The van der Waals surface area contributed by atoms with Crippen molar-refractivity contribution in [3.8, 4) is 0 Å². The van der Waals surface area contributed by atoms with Crippen LogP contribution in [0.15, 0.2) is 52.1 Å². The topological polar surface area (TPSA) is 90.4 Å². The van der Waals surface area contributed by atoms with Crippen molar-refractivity contribution in [1.29, 1.82) is 0 Å². The second-order valence-electron chi connectivity index (χ2n) is 9.17. The van der Waals surface area contributed by atoms with E-state index in [0.717, 1.165) is 4.68 Å². The van der Waals surface area contributed by atoms with Gasteiger partial charge < -0.3 is 5.32 Å². The average molecular weight is 466 g/mol. The predicted octanol–water partition coefficient (Wildman–Crippen LogP) is 3.18. The quantitative estimate of drug-likeness (QED) is 0.454. The summed E-state index contributed by atoms with van der Waals surface area (Å²) in [5.41, 5.74) is 0.132. The molecule has 4 rings (SSSR count). The molecule has 0 spiro atoms. The summed E-state index contributed by atoms with van der Waals surface area (Å²) in [5.74, 6) is -0.250. The van der Waals surface area contributed by atoms with Gasteiger partial charge in [-0.3, -0.25) is 14.2 Å². The normalized spacial score (nSPS) is 11.7. The van der Waals surface area contributed by atoms with Crippen molar-refractivity contribution in [2.24, 2.45) is 5.92 Å². The first kappa shape index (κ1) is 23.4. The van der Waals surface area contributed by atoms with Crippen LogP contribution in [-0.2, 0) is 13.1 Å². The second-order valence-corrected chi connectivity index (χ2v) is 9.17. The maximum absolute atomic E-state index is 14.3. The second kappa shape index (κ2) is 9.24. The van der Waals surface area contributed by atoms with Crippen LogP contribution in [0.1, 0.15) is 50.0 Å². The number of carbonyl (C=O) groups is 1. The number of rotatable bonds is 7. The van der Waals surface area contributed by atoms with E-state index in [1.165, 1.54) is 21.1 Å². The number of nitrogens with zero attached hydrogens (tertiary/aromatic N) is 4. The SMILES string of the molecule is CC(C)CCn1c(=O)c2ccc(C(=O)NC(C)C)cc2n2c(=O)n(Cc3ccccc3F)nc12. The van der Waals surface area contributed by atoms with Crippen LogP contribution in [0.25, 0.3) is 16.7 Å². The molecule has 0 fully saturated rings. The molecule has 1 N–H and O–H groups in total. The summed E-state index contributed by atoms with van der Waals surface area (Å²) in [7, 11) is 0. The molecule has 9 heteroatoms. The van der Waals surface area contributed by atoms with E-state index in [2.05, 4.69) is 10.4 Å². The Kier molecular flexibility index (Phi) is 6.37. The van der Waals surface area contributed by atoms with Gasteiger partial charge in [-0.1, -0.05) is 32.0 Å². The van der Waals surface area contributed by atoms with Crippen LogP contribution in [0.3, 0.4) is 0 Å². The van der Waals surface area contributed by atoms with E-state index in [-0.39, 0.29) is 29.8 Å².